The number of esters is 3. The second kappa shape index (κ2) is 9.47. The van der Waals surface area contributed by atoms with Gasteiger partial charge in [0.2, 0.25) is 0 Å². The van der Waals surface area contributed by atoms with Gasteiger partial charge in [-0.15, -0.1) is 0 Å². The number of ether oxygens (including phenoxy) is 5. The van der Waals surface area contributed by atoms with Crippen LogP contribution < -0.4 is 11.2 Å². The molecule has 1 aromatic heterocycles. The van der Waals surface area contributed by atoms with Gasteiger partial charge in [-0.25, -0.2) is 4.79 Å². The van der Waals surface area contributed by atoms with Gasteiger partial charge in [0.05, 0.1) is 0 Å². The molecule has 0 spiro atoms. The molecule has 0 unspecified atom stereocenters. The third kappa shape index (κ3) is 5.51. The highest BCUT2D eigenvalue weighted by Gasteiger charge is 2.51. The molecule has 160 valence electrons. The third-order valence-electron chi connectivity index (χ3n) is 4.06. The summed E-state index contributed by atoms with van der Waals surface area (Å²) in [6, 6.07) is 1.08. The molecule has 1 saturated heterocycles. The number of methoxy groups -OCH3 is 1. The minimum absolute atomic E-state index is 0.325. The van der Waals surface area contributed by atoms with Crippen LogP contribution in [-0.4, -0.2) is 65.6 Å². The molecule has 1 aliphatic heterocycles. The molecule has 0 aromatic carbocycles. The SMILES string of the molecule is CO[C@@H]1[C@@H](OC(C)=O)[C@H](n2ccc(=O)[nH]c2=O)O[C@H](COC(C)=O)[C@H]1OC(C)=O. The Labute approximate surface area is 164 Å². The van der Waals surface area contributed by atoms with Crippen LogP contribution in [0, 0.1) is 0 Å². The summed E-state index contributed by atoms with van der Waals surface area (Å²) in [5.41, 5.74) is -1.46. The lowest BCUT2D eigenvalue weighted by Crippen LogP contribution is -2.61. The van der Waals surface area contributed by atoms with Crippen molar-refractivity contribution < 1.29 is 38.1 Å². The molecular formula is C17H22N2O10. The Morgan fingerprint density at radius 1 is 1.03 bits per heavy atom. The van der Waals surface area contributed by atoms with Crippen molar-refractivity contribution >= 4 is 17.9 Å². The average molecular weight is 414 g/mol. The lowest BCUT2D eigenvalue weighted by molar-refractivity contribution is -0.269. The van der Waals surface area contributed by atoms with Crippen LogP contribution in [0.1, 0.15) is 27.0 Å². The maximum atomic E-state index is 12.3. The van der Waals surface area contributed by atoms with Crippen molar-refractivity contribution in [1.29, 1.82) is 0 Å². The molecule has 0 radical (unpaired) electrons. The quantitative estimate of drug-likeness (QED) is 0.447. The number of rotatable bonds is 6. The Morgan fingerprint density at radius 3 is 2.17 bits per heavy atom. The summed E-state index contributed by atoms with van der Waals surface area (Å²) in [5.74, 6) is -1.98. The number of aromatic nitrogens is 2. The van der Waals surface area contributed by atoms with Gasteiger partial charge >= 0.3 is 23.6 Å². The number of hydrogen-bond acceptors (Lipinski definition) is 10. The molecule has 29 heavy (non-hydrogen) atoms. The zero-order chi connectivity index (χ0) is 21.7. The second-order valence-corrected chi connectivity index (χ2v) is 6.23. The summed E-state index contributed by atoms with van der Waals surface area (Å²) >= 11 is 0. The molecule has 0 saturated carbocycles. The number of nitrogens with zero attached hydrogens (tertiary/aromatic N) is 1. The number of H-pyrrole nitrogens is 1. The molecule has 1 fully saturated rings. The maximum Gasteiger partial charge on any atom is 0.330 e. The first-order chi connectivity index (χ1) is 13.6. The fraction of sp³-hybridized carbons (Fsp3) is 0.588. The lowest BCUT2D eigenvalue weighted by atomic mass is 9.97. The second-order valence-electron chi connectivity index (χ2n) is 6.23. The number of nitrogens with one attached hydrogen (secondary N) is 1. The fourth-order valence-corrected chi connectivity index (χ4v) is 3.00. The minimum Gasteiger partial charge on any atom is -0.463 e. The van der Waals surface area contributed by atoms with Gasteiger partial charge in [0.15, 0.2) is 18.4 Å². The van der Waals surface area contributed by atoms with Crippen molar-refractivity contribution in [2.45, 2.75) is 51.4 Å². The van der Waals surface area contributed by atoms with E-state index in [4.69, 9.17) is 23.7 Å². The predicted molar refractivity (Wildman–Crippen MR) is 93.8 cm³/mol. The summed E-state index contributed by atoms with van der Waals surface area (Å²) in [7, 11) is 1.29. The van der Waals surface area contributed by atoms with E-state index in [2.05, 4.69) is 4.98 Å². The van der Waals surface area contributed by atoms with Crippen LogP contribution in [0.15, 0.2) is 21.9 Å². The number of carbonyl (C=O) groups excluding carboxylic acids is 3. The zero-order valence-electron chi connectivity index (χ0n) is 16.3. The highest BCUT2D eigenvalue weighted by molar-refractivity contribution is 5.67. The monoisotopic (exact) mass is 414 g/mol. The predicted octanol–water partition coefficient (Wildman–Crippen LogP) is -1.12. The molecule has 1 aromatic rings. The molecular weight excluding hydrogens is 392 g/mol. The molecule has 0 aliphatic carbocycles. The molecule has 5 atom stereocenters. The van der Waals surface area contributed by atoms with E-state index in [1.807, 2.05) is 0 Å². The van der Waals surface area contributed by atoms with Gasteiger partial charge in [0.1, 0.15) is 18.8 Å². The van der Waals surface area contributed by atoms with Crippen molar-refractivity contribution in [3.8, 4) is 0 Å². The van der Waals surface area contributed by atoms with E-state index in [0.29, 0.717) is 0 Å². The average Bonchev–Trinajstić information content (AvgIpc) is 2.60. The molecule has 2 rings (SSSR count). The lowest BCUT2D eigenvalue weighted by Gasteiger charge is -2.44. The zero-order valence-corrected chi connectivity index (χ0v) is 16.3. The number of carbonyl (C=O) groups is 3. The molecule has 1 N–H and O–H groups in total. The fourth-order valence-electron chi connectivity index (χ4n) is 3.00. The van der Waals surface area contributed by atoms with E-state index < -0.39 is 59.8 Å². The van der Waals surface area contributed by atoms with E-state index in [1.165, 1.54) is 14.0 Å². The van der Waals surface area contributed by atoms with Gasteiger partial charge in [0.25, 0.3) is 5.56 Å². The Balaban J connectivity index is 2.52. The number of hydrogen-bond donors (Lipinski definition) is 1. The Bertz CT molecular complexity index is 875. The topological polar surface area (TPSA) is 152 Å². The van der Waals surface area contributed by atoms with Gasteiger partial charge in [0, 0.05) is 40.1 Å². The smallest absolute Gasteiger partial charge is 0.330 e. The summed E-state index contributed by atoms with van der Waals surface area (Å²) in [5, 5.41) is 0. The van der Waals surface area contributed by atoms with Crippen LogP contribution in [0.4, 0.5) is 0 Å². The van der Waals surface area contributed by atoms with E-state index in [9.17, 15) is 24.0 Å². The minimum atomic E-state index is -1.26. The highest BCUT2D eigenvalue weighted by atomic mass is 16.6. The van der Waals surface area contributed by atoms with Crippen molar-refractivity contribution in [3.63, 3.8) is 0 Å². The summed E-state index contributed by atoms with van der Waals surface area (Å²) < 4.78 is 27.8. The molecule has 12 nitrogen and oxygen atoms in total. The highest BCUT2D eigenvalue weighted by Crippen LogP contribution is 2.33. The van der Waals surface area contributed by atoms with Crippen LogP contribution in [0.3, 0.4) is 0 Å². The first kappa shape index (κ1) is 22.3. The Morgan fingerprint density at radius 2 is 1.66 bits per heavy atom. The van der Waals surface area contributed by atoms with Gasteiger partial charge in [-0.2, -0.15) is 0 Å². The molecule has 0 amide bonds. The van der Waals surface area contributed by atoms with Crippen LogP contribution in [0.25, 0.3) is 0 Å². The van der Waals surface area contributed by atoms with Gasteiger partial charge in [-0.1, -0.05) is 0 Å². The van der Waals surface area contributed by atoms with Gasteiger partial charge in [-0.05, 0) is 0 Å². The van der Waals surface area contributed by atoms with Crippen molar-refractivity contribution in [2.24, 2.45) is 0 Å². The summed E-state index contributed by atoms with van der Waals surface area (Å²) in [6.45, 7) is 3.16. The van der Waals surface area contributed by atoms with Gasteiger partial charge in [-0.3, -0.25) is 28.7 Å². The van der Waals surface area contributed by atoms with E-state index in [1.54, 1.807) is 0 Å². The maximum absolute atomic E-state index is 12.3. The Hall–Kier alpha value is -2.99. The largest absolute Gasteiger partial charge is 0.463 e. The standard InChI is InChI=1S/C17H22N2O10/c1-8(20)26-7-11-13(27-9(2)21)14(25-4)15(28-10(3)22)16(29-11)19-6-5-12(23)18-17(19)24/h5-6,11,13-16H,7H2,1-4H3,(H,18,23,24)/t11-,13-,14+,15-,16-/m1/s1. The van der Waals surface area contributed by atoms with Gasteiger partial charge < -0.3 is 23.7 Å². The molecule has 12 heteroatoms. The van der Waals surface area contributed by atoms with Crippen LogP contribution in [0.5, 0.6) is 0 Å². The first-order valence-electron chi connectivity index (χ1n) is 8.61. The third-order valence-corrected chi connectivity index (χ3v) is 4.06. The summed E-state index contributed by atoms with van der Waals surface area (Å²) in [4.78, 5) is 60.2. The number of aromatic amines is 1. The molecule has 1 aliphatic rings. The van der Waals surface area contributed by atoms with Crippen molar-refractivity contribution in [1.82, 2.24) is 9.55 Å². The van der Waals surface area contributed by atoms with Crippen LogP contribution in [-0.2, 0) is 38.1 Å². The van der Waals surface area contributed by atoms with Crippen molar-refractivity contribution in [3.05, 3.63) is 33.1 Å². The summed E-state index contributed by atoms with van der Waals surface area (Å²) in [6.07, 6.45) is -4.57. The normalized spacial score (nSPS) is 26.4. The van der Waals surface area contributed by atoms with Crippen LogP contribution in [0.2, 0.25) is 0 Å². The van der Waals surface area contributed by atoms with E-state index in [-0.39, 0.29) is 6.61 Å². The van der Waals surface area contributed by atoms with E-state index in [0.717, 1.165) is 30.7 Å². The van der Waals surface area contributed by atoms with Crippen LogP contribution >= 0.6 is 0 Å². The first-order valence-corrected chi connectivity index (χ1v) is 8.61. The Kier molecular flexibility index (Phi) is 7.29. The molecule has 2 heterocycles. The van der Waals surface area contributed by atoms with E-state index >= 15 is 0 Å². The van der Waals surface area contributed by atoms with Crippen molar-refractivity contribution in [2.75, 3.05) is 13.7 Å². The molecule has 0 bridgehead atoms.